The molecule has 5 nitrogen and oxygen atoms in total. The number of tetrazole rings is 1. The summed E-state index contributed by atoms with van der Waals surface area (Å²) in [4.78, 5) is 0. The van der Waals surface area contributed by atoms with E-state index in [1.165, 1.54) is 11.8 Å². The molecule has 3 aromatic rings. The standard InChI is InChI=1S/C12H10N4OS/c1-2-5-10(6-3-1)16-12(13-14-15-16)18-9-11-7-4-8-17-11/h1-8H,9H2. The average Bonchev–Trinajstić information content (AvgIpc) is 3.09. The van der Waals surface area contributed by atoms with E-state index in [-0.39, 0.29) is 0 Å². The summed E-state index contributed by atoms with van der Waals surface area (Å²) >= 11 is 1.54. The Balaban J connectivity index is 1.80. The van der Waals surface area contributed by atoms with Crippen molar-refractivity contribution in [1.82, 2.24) is 20.2 Å². The maximum Gasteiger partial charge on any atom is 0.214 e. The second-order valence-corrected chi connectivity index (χ2v) is 4.52. The lowest BCUT2D eigenvalue weighted by Crippen LogP contribution is -1.98. The van der Waals surface area contributed by atoms with Gasteiger partial charge in [0.05, 0.1) is 17.7 Å². The molecule has 1 aromatic carbocycles. The van der Waals surface area contributed by atoms with Crippen molar-refractivity contribution in [2.24, 2.45) is 0 Å². The zero-order valence-corrected chi connectivity index (χ0v) is 10.2. The Bertz CT molecular complexity index is 606. The van der Waals surface area contributed by atoms with Crippen molar-refractivity contribution in [2.45, 2.75) is 10.9 Å². The van der Waals surface area contributed by atoms with Crippen LogP contribution in [0, 0.1) is 0 Å². The fourth-order valence-corrected chi connectivity index (χ4v) is 2.32. The molecule has 0 amide bonds. The SMILES string of the molecule is c1ccc(-n2nnnc2SCc2ccco2)cc1. The van der Waals surface area contributed by atoms with Crippen molar-refractivity contribution in [3.63, 3.8) is 0 Å². The van der Waals surface area contributed by atoms with E-state index in [1.54, 1.807) is 10.9 Å². The monoisotopic (exact) mass is 258 g/mol. The molecule has 18 heavy (non-hydrogen) atoms. The molecule has 0 unspecified atom stereocenters. The molecule has 0 aliphatic rings. The molecule has 0 N–H and O–H groups in total. The van der Waals surface area contributed by atoms with E-state index in [4.69, 9.17) is 4.42 Å². The van der Waals surface area contributed by atoms with Crippen LogP contribution in [0.15, 0.2) is 58.3 Å². The van der Waals surface area contributed by atoms with Crippen molar-refractivity contribution in [3.05, 3.63) is 54.5 Å². The third kappa shape index (κ3) is 2.28. The van der Waals surface area contributed by atoms with Crippen molar-refractivity contribution in [1.29, 1.82) is 0 Å². The Kier molecular flexibility index (Phi) is 3.10. The third-order valence-electron chi connectivity index (χ3n) is 2.37. The summed E-state index contributed by atoms with van der Waals surface area (Å²) in [6, 6.07) is 13.6. The van der Waals surface area contributed by atoms with E-state index in [0.717, 1.165) is 16.6 Å². The van der Waals surface area contributed by atoms with Crippen molar-refractivity contribution >= 4 is 11.8 Å². The van der Waals surface area contributed by atoms with Crippen LogP contribution in [0.5, 0.6) is 0 Å². The normalized spacial score (nSPS) is 10.7. The molecule has 90 valence electrons. The van der Waals surface area contributed by atoms with E-state index >= 15 is 0 Å². The first-order chi connectivity index (χ1) is 8.93. The second-order valence-electron chi connectivity index (χ2n) is 3.58. The quantitative estimate of drug-likeness (QED) is 0.673. The number of furan rings is 1. The second kappa shape index (κ2) is 5.05. The Morgan fingerprint density at radius 2 is 2.00 bits per heavy atom. The summed E-state index contributed by atoms with van der Waals surface area (Å²) in [7, 11) is 0. The Labute approximate surface area is 108 Å². The molecule has 0 bridgehead atoms. The molecule has 0 spiro atoms. The van der Waals surface area contributed by atoms with Gasteiger partial charge in [-0.05, 0) is 34.7 Å². The van der Waals surface area contributed by atoms with Gasteiger partial charge in [-0.2, -0.15) is 4.68 Å². The maximum absolute atomic E-state index is 5.28. The molecule has 6 heteroatoms. The van der Waals surface area contributed by atoms with Gasteiger partial charge in [0.1, 0.15) is 5.76 Å². The van der Waals surface area contributed by atoms with Gasteiger partial charge in [-0.3, -0.25) is 0 Å². The van der Waals surface area contributed by atoms with E-state index in [2.05, 4.69) is 15.5 Å². The van der Waals surface area contributed by atoms with Crippen LogP contribution in [0.2, 0.25) is 0 Å². The highest BCUT2D eigenvalue weighted by molar-refractivity contribution is 7.98. The van der Waals surface area contributed by atoms with E-state index in [1.807, 2.05) is 42.5 Å². The van der Waals surface area contributed by atoms with Gasteiger partial charge in [-0.1, -0.05) is 30.0 Å². The summed E-state index contributed by atoms with van der Waals surface area (Å²) < 4.78 is 6.99. The van der Waals surface area contributed by atoms with Crippen LogP contribution >= 0.6 is 11.8 Å². The molecule has 0 saturated heterocycles. The Hall–Kier alpha value is -2.08. The number of benzene rings is 1. The van der Waals surface area contributed by atoms with Gasteiger partial charge in [0, 0.05) is 0 Å². The molecule has 3 rings (SSSR count). The average molecular weight is 258 g/mol. The molecule has 0 fully saturated rings. The first-order valence-corrected chi connectivity index (χ1v) is 6.41. The van der Waals surface area contributed by atoms with Crippen LogP contribution in [0.3, 0.4) is 0 Å². The number of nitrogens with zero attached hydrogens (tertiary/aromatic N) is 4. The minimum atomic E-state index is 0.709. The minimum Gasteiger partial charge on any atom is -0.468 e. The fourth-order valence-electron chi connectivity index (χ4n) is 1.53. The number of thioether (sulfide) groups is 1. The van der Waals surface area contributed by atoms with Gasteiger partial charge in [0.2, 0.25) is 5.16 Å². The Morgan fingerprint density at radius 3 is 2.78 bits per heavy atom. The van der Waals surface area contributed by atoms with Crippen LogP contribution < -0.4 is 0 Å². The van der Waals surface area contributed by atoms with Crippen molar-refractivity contribution in [2.75, 3.05) is 0 Å². The fraction of sp³-hybridized carbons (Fsp3) is 0.0833. The first-order valence-electron chi connectivity index (χ1n) is 5.42. The lowest BCUT2D eigenvalue weighted by molar-refractivity contribution is 0.530. The highest BCUT2D eigenvalue weighted by Gasteiger charge is 2.09. The molecule has 0 aliphatic carbocycles. The molecular formula is C12H10N4OS. The van der Waals surface area contributed by atoms with Gasteiger partial charge in [0.25, 0.3) is 0 Å². The van der Waals surface area contributed by atoms with Crippen LogP contribution in [0.1, 0.15) is 5.76 Å². The predicted molar refractivity (Wildman–Crippen MR) is 67.4 cm³/mol. The number of hydrogen-bond donors (Lipinski definition) is 0. The third-order valence-corrected chi connectivity index (χ3v) is 3.31. The summed E-state index contributed by atoms with van der Waals surface area (Å²) in [5, 5.41) is 12.5. The van der Waals surface area contributed by atoms with Crippen LogP contribution in [0.25, 0.3) is 5.69 Å². The van der Waals surface area contributed by atoms with Crippen molar-refractivity contribution in [3.8, 4) is 5.69 Å². The minimum absolute atomic E-state index is 0.709. The number of para-hydroxylation sites is 1. The molecule has 2 heterocycles. The molecule has 0 atom stereocenters. The molecule has 2 aromatic heterocycles. The predicted octanol–water partition coefficient (Wildman–Crippen LogP) is 2.55. The smallest absolute Gasteiger partial charge is 0.214 e. The lowest BCUT2D eigenvalue weighted by Gasteiger charge is -2.02. The van der Waals surface area contributed by atoms with Crippen LogP contribution in [-0.4, -0.2) is 20.2 Å². The van der Waals surface area contributed by atoms with Gasteiger partial charge in [0.15, 0.2) is 0 Å². The molecular weight excluding hydrogens is 248 g/mol. The number of aromatic nitrogens is 4. The summed E-state index contributed by atoms with van der Waals surface area (Å²) in [5.41, 5.74) is 0.949. The summed E-state index contributed by atoms with van der Waals surface area (Å²) in [5.74, 6) is 1.61. The van der Waals surface area contributed by atoms with Crippen molar-refractivity contribution < 1.29 is 4.42 Å². The highest BCUT2D eigenvalue weighted by atomic mass is 32.2. The first kappa shape index (κ1) is 11.0. The van der Waals surface area contributed by atoms with Crippen LogP contribution in [-0.2, 0) is 5.75 Å². The summed E-state index contributed by atoms with van der Waals surface area (Å²) in [6.45, 7) is 0. The zero-order chi connectivity index (χ0) is 12.2. The van der Waals surface area contributed by atoms with E-state index in [0.29, 0.717) is 5.75 Å². The topological polar surface area (TPSA) is 56.7 Å². The Morgan fingerprint density at radius 1 is 1.11 bits per heavy atom. The van der Waals surface area contributed by atoms with Crippen LogP contribution in [0.4, 0.5) is 0 Å². The molecule has 0 aliphatic heterocycles. The largest absolute Gasteiger partial charge is 0.468 e. The zero-order valence-electron chi connectivity index (χ0n) is 9.43. The lowest BCUT2D eigenvalue weighted by atomic mass is 10.3. The van der Waals surface area contributed by atoms with Gasteiger partial charge in [-0.15, -0.1) is 5.10 Å². The molecule has 0 radical (unpaired) electrons. The van der Waals surface area contributed by atoms with Gasteiger partial charge < -0.3 is 4.42 Å². The van der Waals surface area contributed by atoms with E-state index in [9.17, 15) is 0 Å². The number of hydrogen-bond acceptors (Lipinski definition) is 5. The number of rotatable bonds is 4. The summed E-state index contributed by atoms with van der Waals surface area (Å²) in [6.07, 6.45) is 1.66. The van der Waals surface area contributed by atoms with Gasteiger partial charge in [-0.25, -0.2) is 0 Å². The van der Waals surface area contributed by atoms with E-state index < -0.39 is 0 Å². The van der Waals surface area contributed by atoms with Gasteiger partial charge >= 0.3 is 0 Å². The molecule has 0 saturated carbocycles. The maximum atomic E-state index is 5.28. The highest BCUT2D eigenvalue weighted by Crippen LogP contribution is 2.22.